The van der Waals surface area contributed by atoms with Crippen LogP contribution < -0.4 is 14.2 Å². The summed E-state index contributed by atoms with van der Waals surface area (Å²) < 4.78 is 23.2. The lowest BCUT2D eigenvalue weighted by atomic mass is 10.1. The van der Waals surface area contributed by atoms with Crippen molar-refractivity contribution < 1.29 is 18.7 Å². The SMILES string of the molecule is COc1ccc(-c2noc(Cn3ccnc3)n2)c(OC)c1OC. The van der Waals surface area contributed by atoms with Crippen LogP contribution in [0.5, 0.6) is 17.2 Å². The van der Waals surface area contributed by atoms with Gasteiger partial charge in [-0.25, -0.2) is 4.98 Å². The van der Waals surface area contributed by atoms with Gasteiger partial charge < -0.3 is 23.3 Å². The van der Waals surface area contributed by atoms with Crippen molar-refractivity contribution in [2.45, 2.75) is 6.54 Å². The number of aromatic nitrogens is 4. The summed E-state index contributed by atoms with van der Waals surface area (Å²) in [5.74, 6) is 2.42. The first-order valence-corrected chi connectivity index (χ1v) is 6.84. The van der Waals surface area contributed by atoms with Crippen LogP contribution in [-0.2, 0) is 6.54 Å². The van der Waals surface area contributed by atoms with E-state index in [9.17, 15) is 0 Å². The van der Waals surface area contributed by atoms with Crippen molar-refractivity contribution in [3.05, 3.63) is 36.7 Å². The van der Waals surface area contributed by atoms with Crippen molar-refractivity contribution in [2.24, 2.45) is 0 Å². The summed E-state index contributed by atoms with van der Waals surface area (Å²) in [4.78, 5) is 8.37. The molecule has 8 heteroatoms. The Labute approximate surface area is 132 Å². The third-order valence-corrected chi connectivity index (χ3v) is 3.29. The summed E-state index contributed by atoms with van der Waals surface area (Å²) in [6.07, 6.45) is 5.19. The second kappa shape index (κ2) is 6.39. The molecule has 23 heavy (non-hydrogen) atoms. The molecule has 0 saturated carbocycles. The first-order valence-electron chi connectivity index (χ1n) is 6.84. The number of nitrogens with zero attached hydrogens (tertiary/aromatic N) is 4. The second-order valence-electron chi connectivity index (χ2n) is 4.63. The third-order valence-electron chi connectivity index (χ3n) is 3.29. The standard InChI is InChI=1S/C15H16N4O4/c1-20-11-5-4-10(13(21-2)14(11)22-3)15-17-12(23-18-15)8-19-7-6-16-9-19/h4-7,9H,8H2,1-3H3. The molecule has 2 heterocycles. The van der Waals surface area contributed by atoms with Gasteiger partial charge in [-0.05, 0) is 12.1 Å². The molecule has 0 bridgehead atoms. The molecule has 0 radical (unpaired) electrons. The fraction of sp³-hybridized carbons (Fsp3) is 0.267. The van der Waals surface area contributed by atoms with Gasteiger partial charge in [0.1, 0.15) is 6.54 Å². The monoisotopic (exact) mass is 316 g/mol. The summed E-state index contributed by atoms with van der Waals surface area (Å²) in [6, 6.07) is 3.56. The van der Waals surface area contributed by atoms with E-state index < -0.39 is 0 Å². The van der Waals surface area contributed by atoms with Crippen molar-refractivity contribution in [1.82, 2.24) is 19.7 Å². The Balaban J connectivity index is 1.97. The summed E-state index contributed by atoms with van der Waals surface area (Å²) in [6.45, 7) is 0.447. The van der Waals surface area contributed by atoms with Crippen molar-refractivity contribution in [3.63, 3.8) is 0 Å². The quantitative estimate of drug-likeness (QED) is 0.687. The van der Waals surface area contributed by atoms with Crippen LogP contribution >= 0.6 is 0 Å². The molecule has 120 valence electrons. The minimum atomic E-state index is 0.415. The van der Waals surface area contributed by atoms with Crippen molar-refractivity contribution in [3.8, 4) is 28.6 Å². The Bertz CT molecular complexity index is 783. The van der Waals surface area contributed by atoms with Gasteiger partial charge in [0.05, 0.1) is 33.2 Å². The predicted octanol–water partition coefficient (Wildman–Crippen LogP) is 2.01. The number of hydrogen-bond acceptors (Lipinski definition) is 7. The Morgan fingerprint density at radius 1 is 1.09 bits per heavy atom. The lowest BCUT2D eigenvalue weighted by Crippen LogP contribution is -1.98. The highest BCUT2D eigenvalue weighted by molar-refractivity contribution is 5.71. The van der Waals surface area contributed by atoms with Crippen LogP contribution in [0.25, 0.3) is 11.4 Å². The normalized spacial score (nSPS) is 10.6. The summed E-state index contributed by atoms with van der Waals surface area (Å²) in [5, 5.41) is 4.01. The highest BCUT2D eigenvalue weighted by atomic mass is 16.5. The maximum Gasteiger partial charge on any atom is 0.246 e. The molecule has 0 amide bonds. The molecule has 0 fully saturated rings. The number of rotatable bonds is 6. The zero-order chi connectivity index (χ0) is 16.2. The van der Waals surface area contributed by atoms with E-state index in [1.165, 1.54) is 0 Å². The first-order chi connectivity index (χ1) is 11.3. The lowest BCUT2D eigenvalue weighted by Gasteiger charge is -2.13. The molecule has 0 saturated heterocycles. The molecular formula is C15H16N4O4. The van der Waals surface area contributed by atoms with Crippen LogP contribution in [0.3, 0.4) is 0 Å². The minimum absolute atomic E-state index is 0.415. The van der Waals surface area contributed by atoms with Crippen molar-refractivity contribution in [2.75, 3.05) is 21.3 Å². The van der Waals surface area contributed by atoms with Gasteiger partial charge >= 0.3 is 0 Å². The maximum atomic E-state index is 5.44. The number of hydrogen-bond donors (Lipinski definition) is 0. The van der Waals surface area contributed by atoms with Gasteiger partial charge in [0.25, 0.3) is 0 Å². The van der Waals surface area contributed by atoms with E-state index >= 15 is 0 Å². The van der Waals surface area contributed by atoms with E-state index in [2.05, 4.69) is 15.1 Å². The van der Waals surface area contributed by atoms with Crippen LogP contribution in [0.15, 0.2) is 35.4 Å². The molecule has 8 nitrogen and oxygen atoms in total. The van der Waals surface area contributed by atoms with E-state index in [0.29, 0.717) is 41.1 Å². The average molecular weight is 316 g/mol. The molecule has 0 unspecified atom stereocenters. The second-order valence-corrected chi connectivity index (χ2v) is 4.63. The molecule has 0 atom stereocenters. The van der Waals surface area contributed by atoms with Crippen LogP contribution in [0.2, 0.25) is 0 Å². The molecule has 2 aromatic heterocycles. The zero-order valence-electron chi connectivity index (χ0n) is 13.0. The Morgan fingerprint density at radius 2 is 1.91 bits per heavy atom. The van der Waals surface area contributed by atoms with Crippen LogP contribution in [-0.4, -0.2) is 41.0 Å². The highest BCUT2D eigenvalue weighted by Crippen LogP contribution is 2.43. The van der Waals surface area contributed by atoms with Crippen molar-refractivity contribution >= 4 is 0 Å². The smallest absolute Gasteiger partial charge is 0.246 e. The molecular weight excluding hydrogens is 300 g/mol. The Morgan fingerprint density at radius 3 is 2.57 bits per heavy atom. The van der Waals surface area contributed by atoms with Gasteiger partial charge in [-0.2, -0.15) is 4.98 Å². The number of benzene rings is 1. The molecule has 3 aromatic rings. The lowest BCUT2D eigenvalue weighted by molar-refractivity contribution is 0.325. The maximum absolute atomic E-state index is 5.44. The molecule has 0 aliphatic heterocycles. The van der Waals surface area contributed by atoms with E-state index in [4.69, 9.17) is 18.7 Å². The van der Waals surface area contributed by atoms with Crippen LogP contribution in [0.1, 0.15) is 5.89 Å². The predicted molar refractivity (Wildman–Crippen MR) is 80.7 cm³/mol. The fourth-order valence-corrected chi connectivity index (χ4v) is 2.24. The highest BCUT2D eigenvalue weighted by Gasteiger charge is 2.20. The van der Waals surface area contributed by atoms with Crippen LogP contribution in [0, 0.1) is 0 Å². The van der Waals surface area contributed by atoms with Crippen molar-refractivity contribution in [1.29, 1.82) is 0 Å². The first kappa shape index (κ1) is 14.9. The molecule has 3 rings (SSSR count). The summed E-state index contributed by atoms with van der Waals surface area (Å²) >= 11 is 0. The average Bonchev–Trinajstić information content (AvgIpc) is 3.25. The van der Waals surface area contributed by atoms with E-state index in [0.717, 1.165) is 0 Å². The summed E-state index contributed by atoms with van der Waals surface area (Å²) in [7, 11) is 4.66. The summed E-state index contributed by atoms with van der Waals surface area (Å²) in [5.41, 5.74) is 0.658. The Kier molecular flexibility index (Phi) is 4.13. The molecule has 0 spiro atoms. The number of methoxy groups -OCH3 is 3. The van der Waals surface area contributed by atoms with Gasteiger partial charge in [0, 0.05) is 12.4 Å². The van der Waals surface area contributed by atoms with Gasteiger partial charge in [0.2, 0.25) is 17.5 Å². The van der Waals surface area contributed by atoms with Gasteiger partial charge in [0.15, 0.2) is 11.5 Å². The van der Waals surface area contributed by atoms with E-state index in [1.807, 2.05) is 10.8 Å². The number of ether oxygens (including phenoxy) is 3. The topological polar surface area (TPSA) is 84.4 Å². The van der Waals surface area contributed by atoms with Gasteiger partial charge in [-0.15, -0.1) is 0 Å². The fourth-order valence-electron chi connectivity index (χ4n) is 2.24. The van der Waals surface area contributed by atoms with Gasteiger partial charge in [-0.1, -0.05) is 5.16 Å². The van der Waals surface area contributed by atoms with E-state index in [1.54, 1.807) is 46.0 Å². The largest absolute Gasteiger partial charge is 0.493 e. The third kappa shape index (κ3) is 2.83. The zero-order valence-corrected chi connectivity index (χ0v) is 13.0. The minimum Gasteiger partial charge on any atom is -0.493 e. The molecule has 0 aliphatic carbocycles. The molecule has 1 aromatic carbocycles. The number of imidazole rings is 1. The Hall–Kier alpha value is -3.03. The molecule has 0 aliphatic rings. The van der Waals surface area contributed by atoms with E-state index in [-0.39, 0.29) is 0 Å². The molecule has 0 N–H and O–H groups in total. The van der Waals surface area contributed by atoms with Gasteiger partial charge in [-0.3, -0.25) is 0 Å². The van der Waals surface area contributed by atoms with Crippen LogP contribution in [0.4, 0.5) is 0 Å².